The van der Waals surface area contributed by atoms with E-state index in [0.717, 1.165) is 35.9 Å². The Balaban J connectivity index is 1.48. The van der Waals surface area contributed by atoms with Crippen molar-refractivity contribution in [1.82, 2.24) is 4.90 Å². The second-order valence-electron chi connectivity index (χ2n) is 5.21. The van der Waals surface area contributed by atoms with E-state index >= 15 is 0 Å². The van der Waals surface area contributed by atoms with Gasteiger partial charge in [-0.25, -0.2) is 0 Å². The zero-order valence-electron chi connectivity index (χ0n) is 11.4. The van der Waals surface area contributed by atoms with Crippen LogP contribution in [0.5, 0.6) is 0 Å². The Labute approximate surface area is 128 Å². The standard InChI is InChI=1S/C16H19BrN2O/c17-13-3-5-14(6-4-13)18-9-10-19(15-7-8-15)12-16-2-1-11-20-16/h1-6,11,15,18H,7-10,12H2. The molecule has 1 aromatic carbocycles. The molecule has 0 spiro atoms. The van der Waals surface area contributed by atoms with Crippen molar-refractivity contribution in [3.8, 4) is 0 Å². The lowest BCUT2D eigenvalue weighted by atomic mass is 10.3. The van der Waals surface area contributed by atoms with Crippen molar-refractivity contribution in [1.29, 1.82) is 0 Å². The third kappa shape index (κ3) is 3.87. The topological polar surface area (TPSA) is 28.4 Å². The normalized spacial score (nSPS) is 14.7. The molecule has 1 saturated carbocycles. The van der Waals surface area contributed by atoms with Crippen LogP contribution in [0.2, 0.25) is 0 Å². The molecule has 0 unspecified atom stereocenters. The Kier molecular flexibility index (Phi) is 4.43. The van der Waals surface area contributed by atoms with E-state index in [4.69, 9.17) is 4.42 Å². The lowest BCUT2D eigenvalue weighted by molar-refractivity contribution is 0.242. The molecule has 4 heteroatoms. The lowest BCUT2D eigenvalue weighted by Gasteiger charge is -2.21. The van der Waals surface area contributed by atoms with Crippen LogP contribution in [-0.2, 0) is 6.54 Å². The number of anilines is 1. The molecule has 1 fully saturated rings. The molecule has 0 amide bonds. The second kappa shape index (κ2) is 6.46. The Bertz CT molecular complexity index is 520. The van der Waals surface area contributed by atoms with E-state index in [2.05, 4.69) is 56.5 Å². The SMILES string of the molecule is Brc1ccc(NCCN(Cc2ccco2)C2CC2)cc1. The maximum Gasteiger partial charge on any atom is 0.117 e. The molecule has 0 radical (unpaired) electrons. The monoisotopic (exact) mass is 334 g/mol. The molecule has 1 heterocycles. The highest BCUT2D eigenvalue weighted by Crippen LogP contribution is 2.28. The fraction of sp³-hybridized carbons (Fsp3) is 0.375. The Morgan fingerprint density at radius 3 is 2.65 bits per heavy atom. The van der Waals surface area contributed by atoms with Gasteiger partial charge in [0.05, 0.1) is 12.8 Å². The fourth-order valence-corrected chi connectivity index (χ4v) is 2.61. The summed E-state index contributed by atoms with van der Waals surface area (Å²) in [5.74, 6) is 1.06. The summed E-state index contributed by atoms with van der Waals surface area (Å²) >= 11 is 3.45. The Hall–Kier alpha value is -1.26. The van der Waals surface area contributed by atoms with Crippen LogP contribution in [0.15, 0.2) is 51.6 Å². The maximum atomic E-state index is 5.45. The average molecular weight is 335 g/mol. The average Bonchev–Trinajstić information content (AvgIpc) is 3.18. The van der Waals surface area contributed by atoms with Crippen molar-refractivity contribution in [2.75, 3.05) is 18.4 Å². The molecule has 3 nitrogen and oxygen atoms in total. The number of hydrogen-bond donors (Lipinski definition) is 1. The summed E-state index contributed by atoms with van der Waals surface area (Å²) in [7, 11) is 0. The molecule has 0 atom stereocenters. The zero-order valence-corrected chi connectivity index (χ0v) is 13.0. The first kappa shape index (κ1) is 13.7. The largest absolute Gasteiger partial charge is 0.468 e. The van der Waals surface area contributed by atoms with E-state index in [1.54, 1.807) is 6.26 Å². The first-order valence-electron chi connectivity index (χ1n) is 7.07. The molecule has 2 aromatic rings. The highest BCUT2D eigenvalue weighted by Gasteiger charge is 2.28. The summed E-state index contributed by atoms with van der Waals surface area (Å²) in [5, 5.41) is 3.47. The molecule has 20 heavy (non-hydrogen) atoms. The van der Waals surface area contributed by atoms with Crippen molar-refractivity contribution in [3.63, 3.8) is 0 Å². The third-order valence-electron chi connectivity index (χ3n) is 3.57. The van der Waals surface area contributed by atoms with Crippen molar-refractivity contribution in [3.05, 3.63) is 52.9 Å². The third-order valence-corrected chi connectivity index (χ3v) is 4.10. The molecule has 1 aliphatic rings. The van der Waals surface area contributed by atoms with E-state index in [0.29, 0.717) is 0 Å². The highest BCUT2D eigenvalue weighted by atomic mass is 79.9. The molecule has 1 aromatic heterocycles. The highest BCUT2D eigenvalue weighted by molar-refractivity contribution is 9.10. The Morgan fingerprint density at radius 1 is 1.20 bits per heavy atom. The summed E-state index contributed by atoms with van der Waals surface area (Å²) in [6.45, 7) is 2.92. The molecular formula is C16H19BrN2O. The van der Waals surface area contributed by atoms with Gasteiger partial charge >= 0.3 is 0 Å². The zero-order chi connectivity index (χ0) is 13.8. The van der Waals surface area contributed by atoms with Gasteiger partial charge in [0.2, 0.25) is 0 Å². The predicted octanol–water partition coefficient (Wildman–Crippen LogP) is 4.12. The molecule has 0 bridgehead atoms. The van der Waals surface area contributed by atoms with Crippen LogP contribution in [0, 0.1) is 0 Å². The van der Waals surface area contributed by atoms with Crippen molar-refractivity contribution in [2.24, 2.45) is 0 Å². The number of benzene rings is 1. The summed E-state index contributed by atoms with van der Waals surface area (Å²) in [4.78, 5) is 2.50. The summed E-state index contributed by atoms with van der Waals surface area (Å²) < 4.78 is 6.56. The first-order chi connectivity index (χ1) is 9.81. The fourth-order valence-electron chi connectivity index (χ4n) is 2.34. The number of halogens is 1. The van der Waals surface area contributed by atoms with E-state index in [1.807, 2.05) is 6.07 Å². The molecular weight excluding hydrogens is 316 g/mol. The molecule has 1 N–H and O–H groups in total. The second-order valence-corrected chi connectivity index (χ2v) is 6.13. The van der Waals surface area contributed by atoms with Crippen molar-refractivity contribution >= 4 is 21.6 Å². The molecule has 1 aliphatic carbocycles. The maximum absolute atomic E-state index is 5.45. The minimum atomic E-state index is 0.742. The van der Waals surface area contributed by atoms with Gasteiger partial charge in [0.15, 0.2) is 0 Å². The van der Waals surface area contributed by atoms with Crippen molar-refractivity contribution in [2.45, 2.75) is 25.4 Å². The number of rotatable bonds is 7. The number of nitrogens with one attached hydrogen (secondary N) is 1. The minimum Gasteiger partial charge on any atom is -0.468 e. The van der Waals surface area contributed by atoms with Gasteiger partial charge in [-0.15, -0.1) is 0 Å². The van der Waals surface area contributed by atoms with Crippen LogP contribution < -0.4 is 5.32 Å². The van der Waals surface area contributed by atoms with Crippen molar-refractivity contribution < 1.29 is 4.42 Å². The summed E-state index contributed by atoms with van der Waals surface area (Å²) in [6, 6.07) is 13.1. The minimum absolute atomic E-state index is 0.742. The van der Waals surface area contributed by atoms with Crippen LogP contribution in [0.25, 0.3) is 0 Å². The van der Waals surface area contributed by atoms with Gasteiger partial charge in [-0.3, -0.25) is 4.90 Å². The van der Waals surface area contributed by atoms with Gasteiger partial charge < -0.3 is 9.73 Å². The van der Waals surface area contributed by atoms with Gasteiger partial charge in [-0.1, -0.05) is 15.9 Å². The van der Waals surface area contributed by atoms with Crippen LogP contribution in [-0.4, -0.2) is 24.0 Å². The predicted molar refractivity (Wildman–Crippen MR) is 84.8 cm³/mol. The van der Waals surface area contributed by atoms with E-state index in [-0.39, 0.29) is 0 Å². The van der Waals surface area contributed by atoms with Crippen LogP contribution >= 0.6 is 15.9 Å². The lowest BCUT2D eigenvalue weighted by Crippen LogP contribution is -2.30. The number of hydrogen-bond acceptors (Lipinski definition) is 3. The van der Waals surface area contributed by atoms with Gasteiger partial charge in [0.1, 0.15) is 5.76 Å². The Morgan fingerprint density at radius 2 is 2.00 bits per heavy atom. The summed E-state index contributed by atoms with van der Waals surface area (Å²) in [5.41, 5.74) is 1.17. The van der Waals surface area contributed by atoms with E-state index < -0.39 is 0 Å². The van der Waals surface area contributed by atoms with Gasteiger partial charge in [-0.2, -0.15) is 0 Å². The number of nitrogens with zero attached hydrogens (tertiary/aromatic N) is 1. The molecule has 0 aliphatic heterocycles. The number of furan rings is 1. The van der Waals surface area contributed by atoms with Crippen LogP contribution in [0.3, 0.4) is 0 Å². The molecule has 106 valence electrons. The van der Waals surface area contributed by atoms with Crippen LogP contribution in [0.1, 0.15) is 18.6 Å². The molecule has 0 saturated heterocycles. The molecule has 3 rings (SSSR count). The van der Waals surface area contributed by atoms with Gasteiger partial charge in [-0.05, 0) is 49.2 Å². The van der Waals surface area contributed by atoms with E-state index in [1.165, 1.54) is 18.5 Å². The quantitative estimate of drug-likeness (QED) is 0.825. The van der Waals surface area contributed by atoms with Crippen LogP contribution in [0.4, 0.5) is 5.69 Å². The van der Waals surface area contributed by atoms with E-state index in [9.17, 15) is 0 Å². The summed E-state index contributed by atoms with van der Waals surface area (Å²) in [6.07, 6.45) is 4.39. The van der Waals surface area contributed by atoms with Gasteiger partial charge in [0, 0.05) is 29.3 Å². The first-order valence-corrected chi connectivity index (χ1v) is 7.86. The smallest absolute Gasteiger partial charge is 0.117 e. The van der Waals surface area contributed by atoms with Gasteiger partial charge in [0.25, 0.3) is 0 Å².